The molecule has 0 aromatic heterocycles. The summed E-state index contributed by atoms with van der Waals surface area (Å²) in [6, 6.07) is 7.05. The van der Waals surface area contributed by atoms with Crippen molar-refractivity contribution in [1.82, 2.24) is 10.6 Å². The lowest BCUT2D eigenvalue weighted by Crippen LogP contribution is -2.46. The van der Waals surface area contributed by atoms with Gasteiger partial charge in [0.15, 0.2) is 6.61 Å². The Kier molecular flexibility index (Phi) is 4.98. The maximum atomic E-state index is 11.8. The van der Waals surface area contributed by atoms with Crippen molar-refractivity contribution in [3.05, 3.63) is 29.8 Å². The zero-order valence-electron chi connectivity index (χ0n) is 11.6. The Morgan fingerprint density at radius 1 is 1.35 bits per heavy atom. The second-order valence-corrected chi connectivity index (χ2v) is 5.01. The third-order valence-corrected chi connectivity index (χ3v) is 3.26. The first-order chi connectivity index (χ1) is 9.65. The molecule has 2 N–H and O–H groups in total. The van der Waals surface area contributed by atoms with Crippen molar-refractivity contribution >= 4 is 11.8 Å². The van der Waals surface area contributed by atoms with Crippen molar-refractivity contribution < 1.29 is 14.3 Å². The average Bonchev–Trinajstić information content (AvgIpc) is 2.64. The van der Waals surface area contributed by atoms with Gasteiger partial charge in [0.05, 0.1) is 0 Å². The summed E-state index contributed by atoms with van der Waals surface area (Å²) in [5, 5.41) is 5.50. The second kappa shape index (κ2) is 6.93. The summed E-state index contributed by atoms with van der Waals surface area (Å²) in [4.78, 5) is 23.5. The third kappa shape index (κ3) is 4.26. The molecule has 1 aliphatic heterocycles. The zero-order valence-corrected chi connectivity index (χ0v) is 11.6. The first-order valence-corrected chi connectivity index (χ1v) is 6.92. The summed E-state index contributed by atoms with van der Waals surface area (Å²) >= 11 is 0. The van der Waals surface area contributed by atoms with E-state index in [1.54, 1.807) is 0 Å². The van der Waals surface area contributed by atoms with Crippen LogP contribution < -0.4 is 15.4 Å². The standard InChI is InChI=1S/C15H20N2O3/c1-11-5-7-12(8-6-11)20-10-14(18)17-13-4-2-3-9-16-15(13)19/h5-8,13H,2-4,9-10H2,1H3,(H,16,19)(H,17,18)/t13-/m1/s1. The van der Waals surface area contributed by atoms with E-state index in [0.717, 1.165) is 18.4 Å². The summed E-state index contributed by atoms with van der Waals surface area (Å²) in [6.45, 7) is 2.60. The molecule has 1 heterocycles. The Morgan fingerprint density at radius 3 is 2.85 bits per heavy atom. The Hall–Kier alpha value is -2.04. The maximum Gasteiger partial charge on any atom is 0.258 e. The van der Waals surface area contributed by atoms with E-state index in [4.69, 9.17) is 4.74 Å². The number of hydrogen-bond acceptors (Lipinski definition) is 3. The van der Waals surface area contributed by atoms with E-state index in [1.807, 2.05) is 31.2 Å². The molecule has 0 unspecified atom stereocenters. The lowest BCUT2D eigenvalue weighted by molar-refractivity contribution is -0.129. The summed E-state index contributed by atoms with van der Waals surface area (Å²) in [6.07, 6.45) is 2.57. The lowest BCUT2D eigenvalue weighted by atomic mass is 10.1. The predicted octanol–water partition coefficient (Wildman–Crippen LogP) is 1.16. The van der Waals surface area contributed by atoms with Crippen LogP contribution in [0.2, 0.25) is 0 Å². The minimum Gasteiger partial charge on any atom is -0.484 e. The topological polar surface area (TPSA) is 67.4 Å². The summed E-state index contributed by atoms with van der Waals surface area (Å²) in [5.41, 5.74) is 1.14. The molecule has 1 aromatic rings. The molecular weight excluding hydrogens is 256 g/mol. The molecule has 5 nitrogen and oxygen atoms in total. The van der Waals surface area contributed by atoms with Crippen LogP contribution in [0.5, 0.6) is 5.75 Å². The molecule has 108 valence electrons. The Morgan fingerprint density at radius 2 is 2.10 bits per heavy atom. The van der Waals surface area contributed by atoms with Gasteiger partial charge >= 0.3 is 0 Å². The van der Waals surface area contributed by atoms with Crippen LogP contribution in [0, 0.1) is 6.92 Å². The molecule has 0 radical (unpaired) electrons. The molecular formula is C15H20N2O3. The van der Waals surface area contributed by atoms with E-state index in [2.05, 4.69) is 10.6 Å². The van der Waals surface area contributed by atoms with Gasteiger partial charge in [-0.2, -0.15) is 0 Å². The molecule has 0 spiro atoms. The van der Waals surface area contributed by atoms with Gasteiger partial charge in [0.25, 0.3) is 5.91 Å². The van der Waals surface area contributed by atoms with E-state index in [1.165, 1.54) is 0 Å². The maximum absolute atomic E-state index is 11.8. The smallest absolute Gasteiger partial charge is 0.258 e. The van der Waals surface area contributed by atoms with E-state index in [-0.39, 0.29) is 18.4 Å². The van der Waals surface area contributed by atoms with E-state index >= 15 is 0 Å². The first-order valence-electron chi connectivity index (χ1n) is 6.92. The van der Waals surface area contributed by atoms with Gasteiger partial charge in [-0.05, 0) is 38.3 Å². The van der Waals surface area contributed by atoms with Crippen molar-refractivity contribution in [2.45, 2.75) is 32.2 Å². The molecule has 1 aromatic carbocycles. The molecule has 0 saturated carbocycles. The molecule has 0 bridgehead atoms. The molecule has 2 rings (SSSR count). The highest BCUT2D eigenvalue weighted by atomic mass is 16.5. The number of amides is 2. The number of ether oxygens (including phenoxy) is 1. The van der Waals surface area contributed by atoms with Crippen LogP contribution in [0.15, 0.2) is 24.3 Å². The van der Waals surface area contributed by atoms with E-state index < -0.39 is 6.04 Å². The molecule has 20 heavy (non-hydrogen) atoms. The Balaban J connectivity index is 1.79. The number of benzene rings is 1. The average molecular weight is 276 g/mol. The van der Waals surface area contributed by atoms with E-state index in [0.29, 0.717) is 18.7 Å². The summed E-state index contributed by atoms with van der Waals surface area (Å²) < 4.78 is 5.39. The minimum absolute atomic E-state index is 0.0765. The van der Waals surface area contributed by atoms with Crippen molar-refractivity contribution in [1.29, 1.82) is 0 Å². The van der Waals surface area contributed by atoms with Crippen LogP contribution in [0.3, 0.4) is 0 Å². The second-order valence-electron chi connectivity index (χ2n) is 5.01. The van der Waals surface area contributed by atoms with Crippen LogP contribution in [0.1, 0.15) is 24.8 Å². The van der Waals surface area contributed by atoms with Crippen LogP contribution in [-0.4, -0.2) is 31.0 Å². The number of rotatable bonds is 4. The molecule has 1 saturated heterocycles. The molecule has 1 fully saturated rings. The van der Waals surface area contributed by atoms with Gasteiger partial charge in [0.2, 0.25) is 5.91 Å². The van der Waals surface area contributed by atoms with E-state index in [9.17, 15) is 9.59 Å². The fourth-order valence-corrected chi connectivity index (χ4v) is 2.10. The van der Waals surface area contributed by atoms with Gasteiger partial charge in [-0.25, -0.2) is 0 Å². The lowest BCUT2D eigenvalue weighted by Gasteiger charge is -2.15. The number of hydrogen-bond donors (Lipinski definition) is 2. The van der Waals surface area contributed by atoms with Crippen LogP contribution >= 0.6 is 0 Å². The Labute approximate surface area is 118 Å². The summed E-state index contributed by atoms with van der Waals surface area (Å²) in [7, 11) is 0. The SMILES string of the molecule is Cc1ccc(OCC(=O)N[C@@H]2CCCCNC2=O)cc1. The van der Waals surface area contributed by atoms with Crippen LogP contribution in [0.4, 0.5) is 0 Å². The normalized spacial score (nSPS) is 18.9. The highest BCUT2D eigenvalue weighted by molar-refractivity contribution is 5.88. The van der Waals surface area contributed by atoms with Gasteiger partial charge in [-0.3, -0.25) is 9.59 Å². The Bertz CT molecular complexity index is 471. The van der Waals surface area contributed by atoms with Crippen molar-refractivity contribution in [3.63, 3.8) is 0 Å². The molecule has 5 heteroatoms. The van der Waals surface area contributed by atoms with Crippen molar-refractivity contribution in [3.8, 4) is 5.75 Å². The van der Waals surface area contributed by atoms with Crippen molar-refractivity contribution in [2.24, 2.45) is 0 Å². The molecule has 0 aliphatic carbocycles. The van der Waals surface area contributed by atoms with Gasteiger partial charge in [-0.15, -0.1) is 0 Å². The van der Waals surface area contributed by atoms with Gasteiger partial charge in [-0.1, -0.05) is 17.7 Å². The molecule has 2 amide bonds. The van der Waals surface area contributed by atoms with Gasteiger partial charge in [0.1, 0.15) is 11.8 Å². The number of carbonyl (C=O) groups is 2. The quantitative estimate of drug-likeness (QED) is 0.867. The fraction of sp³-hybridized carbons (Fsp3) is 0.467. The number of carbonyl (C=O) groups excluding carboxylic acids is 2. The monoisotopic (exact) mass is 276 g/mol. The van der Waals surface area contributed by atoms with Crippen LogP contribution in [-0.2, 0) is 9.59 Å². The zero-order chi connectivity index (χ0) is 14.4. The minimum atomic E-state index is -0.438. The highest BCUT2D eigenvalue weighted by Crippen LogP contribution is 2.11. The first kappa shape index (κ1) is 14.4. The molecule has 1 atom stereocenters. The van der Waals surface area contributed by atoms with Gasteiger partial charge < -0.3 is 15.4 Å². The number of aryl methyl sites for hydroxylation is 1. The predicted molar refractivity (Wildman–Crippen MR) is 75.5 cm³/mol. The molecule has 1 aliphatic rings. The van der Waals surface area contributed by atoms with Gasteiger partial charge in [0, 0.05) is 6.54 Å². The van der Waals surface area contributed by atoms with Crippen LogP contribution in [0.25, 0.3) is 0 Å². The highest BCUT2D eigenvalue weighted by Gasteiger charge is 2.22. The van der Waals surface area contributed by atoms with Crippen molar-refractivity contribution in [2.75, 3.05) is 13.2 Å². The summed E-state index contributed by atoms with van der Waals surface area (Å²) in [5.74, 6) is 0.273. The third-order valence-electron chi connectivity index (χ3n) is 3.26. The fourth-order valence-electron chi connectivity index (χ4n) is 2.10. The number of nitrogens with one attached hydrogen (secondary N) is 2. The largest absolute Gasteiger partial charge is 0.484 e.